The zero-order valence-electron chi connectivity index (χ0n) is 13.0. The van der Waals surface area contributed by atoms with E-state index in [0.717, 1.165) is 17.7 Å². The van der Waals surface area contributed by atoms with Crippen molar-refractivity contribution in [1.29, 1.82) is 0 Å². The molecule has 0 radical (unpaired) electrons. The third kappa shape index (κ3) is 2.93. The quantitative estimate of drug-likeness (QED) is 0.910. The summed E-state index contributed by atoms with van der Waals surface area (Å²) >= 11 is 0. The van der Waals surface area contributed by atoms with Gasteiger partial charge in [0.05, 0.1) is 19.3 Å². The first-order valence-corrected chi connectivity index (χ1v) is 7.70. The Morgan fingerprint density at radius 3 is 2.62 bits per heavy atom. The summed E-state index contributed by atoms with van der Waals surface area (Å²) in [6.45, 7) is 7.45. The highest BCUT2D eigenvalue weighted by atomic mass is 16.7. The monoisotopic (exact) mass is 292 g/mol. The van der Waals surface area contributed by atoms with E-state index < -0.39 is 11.9 Å². The third-order valence-corrected chi connectivity index (χ3v) is 4.62. The Hall–Kier alpha value is -1.10. The number of rotatable bonds is 2. The average molecular weight is 292 g/mol. The van der Waals surface area contributed by atoms with Crippen LogP contribution in [-0.2, 0) is 9.47 Å². The number of benzene rings is 1. The van der Waals surface area contributed by atoms with Crippen molar-refractivity contribution >= 4 is 0 Å². The van der Waals surface area contributed by atoms with E-state index in [-0.39, 0.29) is 6.10 Å². The van der Waals surface area contributed by atoms with Gasteiger partial charge in [-0.05, 0) is 49.9 Å². The maximum atomic E-state index is 10.3. The average Bonchev–Trinajstić information content (AvgIpc) is 2.88. The molecule has 116 valence electrons. The van der Waals surface area contributed by atoms with Crippen LogP contribution in [0.2, 0.25) is 0 Å². The molecule has 2 aliphatic rings. The van der Waals surface area contributed by atoms with E-state index >= 15 is 0 Å². The molecule has 0 bridgehead atoms. The van der Waals surface area contributed by atoms with Gasteiger partial charge >= 0.3 is 0 Å². The van der Waals surface area contributed by atoms with Gasteiger partial charge < -0.3 is 19.3 Å². The number of aliphatic hydroxyl groups excluding tert-OH is 1. The van der Waals surface area contributed by atoms with Gasteiger partial charge in [-0.2, -0.15) is 0 Å². The molecular formula is C17H24O4. The maximum Gasteiger partial charge on any atom is 0.172 e. The Morgan fingerprint density at radius 2 is 1.90 bits per heavy atom. The maximum absolute atomic E-state index is 10.3. The molecule has 2 atom stereocenters. The lowest BCUT2D eigenvalue weighted by molar-refractivity contribution is -0.209. The Morgan fingerprint density at radius 1 is 1.19 bits per heavy atom. The van der Waals surface area contributed by atoms with Gasteiger partial charge in [-0.25, -0.2) is 0 Å². The molecule has 2 fully saturated rings. The summed E-state index contributed by atoms with van der Waals surface area (Å²) in [6, 6.07) is 4.18. The zero-order valence-corrected chi connectivity index (χ0v) is 13.0. The lowest BCUT2D eigenvalue weighted by Crippen LogP contribution is -2.47. The van der Waals surface area contributed by atoms with E-state index in [1.54, 1.807) is 0 Å². The van der Waals surface area contributed by atoms with Crippen LogP contribution in [0.3, 0.4) is 0 Å². The van der Waals surface area contributed by atoms with Gasteiger partial charge in [0.1, 0.15) is 11.9 Å². The van der Waals surface area contributed by atoms with Crippen LogP contribution >= 0.6 is 0 Å². The molecule has 1 saturated carbocycles. The van der Waals surface area contributed by atoms with Crippen LogP contribution in [0.15, 0.2) is 12.1 Å². The summed E-state index contributed by atoms with van der Waals surface area (Å²) in [5, 5.41) is 10.3. The fourth-order valence-corrected chi connectivity index (χ4v) is 3.26. The molecule has 1 heterocycles. The van der Waals surface area contributed by atoms with E-state index in [1.165, 1.54) is 11.1 Å². The SMILES string of the molecule is Cc1cc(C)c(C)c(OC2CC3(CCC2O)OCCO3)c1. The highest BCUT2D eigenvalue weighted by Crippen LogP contribution is 2.38. The second-order valence-electron chi connectivity index (χ2n) is 6.28. The minimum atomic E-state index is -0.545. The number of hydrogen-bond donors (Lipinski definition) is 1. The predicted octanol–water partition coefficient (Wildman–Crippen LogP) is 2.65. The number of aliphatic hydroxyl groups is 1. The standard InChI is InChI=1S/C17H24O4/c1-11-8-12(2)13(3)15(9-11)21-16-10-17(5-4-14(16)18)19-6-7-20-17/h8-9,14,16,18H,4-7,10H2,1-3H3. The van der Waals surface area contributed by atoms with Crippen LogP contribution in [0.1, 0.15) is 36.0 Å². The first kappa shape index (κ1) is 14.8. The molecule has 21 heavy (non-hydrogen) atoms. The normalized spacial score (nSPS) is 28.0. The van der Waals surface area contributed by atoms with Crippen molar-refractivity contribution in [2.24, 2.45) is 0 Å². The molecule has 0 amide bonds. The molecule has 1 aromatic rings. The van der Waals surface area contributed by atoms with Crippen molar-refractivity contribution in [3.63, 3.8) is 0 Å². The molecule has 1 saturated heterocycles. The van der Waals surface area contributed by atoms with Gasteiger partial charge in [-0.3, -0.25) is 0 Å². The molecule has 1 aliphatic heterocycles. The summed E-state index contributed by atoms with van der Waals surface area (Å²) in [5.41, 5.74) is 3.50. The Bertz CT molecular complexity index is 520. The van der Waals surface area contributed by atoms with Gasteiger partial charge in [0, 0.05) is 12.8 Å². The molecule has 4 heteroatoms. The number of hydrogen-bond acceptors (Lipinski definition) is 4. The van der Waals surface area contributed by atoms with Crippen LogP contribution in [0.5, 0.6) is 5.75 Å². The van der Waals surface area contributed by atoms with Crippen LogP contribution in [0, 0.1) is 20.8 Å². The number of aryl methyl sites for hydroxylation is 2. The summed E-state index contributed by atoms with van der Waals surface area (Å²) < 4.78 is 17.7. The third-order valence-electron chi connectivity index (χ3n) is 4.62. The highest BCUT2D eigenvalue weighted by Gasteiger charge is 2.45. The van der Waals surface area contributed by atoms with Gasteiger partial charge in [-0.15, -0.1) is 0 Å². The minimum Gasteiger partial charge on any atom is -0.487 e. The molecule has 1 aliphatic carbocycles. The lowest BCUT2D eigenvalue weighted by atomic mass is 9.89. The van der Waals surface area contributed by atoms with Crippen molar-refractivity contribution in [1.82, 2.24) is 0 Å². The van der Waals surface area contributed by atoms with Gasteiger partial charge in [0.2, 0.25) is 0 Å². The van der Waals surface area contributed by atoms with Crippen molar-refractivity contribution in [3.05, 3.63) is 28.8 Å². The van der Waals surface area contributed by atoms with E-state index in [1.807, 2.05) is 6.07 Å². The Labute approximate surface area is 126 Å². The zero-order chi connectivity index (χ0) is 15.0. The molecule has 1 spiro atoms. The van der Waals surface area contributed by atoms with Crippen molar-refractivity contribution in [2.45, 2.75) is 58.0 Å². The summed E-state index contributed by atoms with van der Waals surface area (Å²) in [4.78, 5) is 0. The van der Waals surface area contributed by atoms with Gasteiger partial charge in [0.25, 0.3) is 0 Å². The van der Waals surface area contributed by atoms with Crippen LogP contribution in [0.25, 0.3) is 0 Å². The lowest BCUT2D eigenvalue weighted by Gasteiger charge is -2.39. The smallest absolute Gasteiger partial charge is 0.172 e. The van der Waals surface area contributed by atoms with Crippen molar-refractivity contribution in [2.75, 3.05) is 13.2 Å². The van der Waals surface area contributed by atoms with E-state index in [2.05, 4.69) is 26.8 Å². The molecule has 1 N–H and O–H groups in total. The molecular weight excluding hydrogens is 268 g/mol. The number of ether oxygens (including phenoxy) is 3. The molecule has 4 nitrogen and oxygen atoms in total. The summed E-state index contributed by atoms with van der Waals surface area (Å²) in [5.74, 6) is 0.308. The van der Waals surface area contributed by atoms with Gasteiger partial charge in [0.15, 0.2) is 5.79 Å². The first-order chi connectivity index (χ1) is 9.99. The topological polar surface area (TPSA) is 47.9 Å². The van der Waals surface area contributed by atoms with E-state index in [4.69, 9.17) is 14.2 Å². The fraction of sp³-hybridized carbons (Fsp3) is 0.647. The first-order valence-electron chi connectivity index (χ1n) is 7.70. The molecule has 0 aromatic heterocycles. The highest BCUT2D eigenvalue weighted by molar-refractivity contribution is 5.42. The predicted molar refractivity (Wildman–Crippen MR) is 79.6 cm³/mol. The minimum absolute atomic E-state index is 0.281. The summed E-state index contributed by atoms with van der Waals surface area (Å²) in [7, 11) is 0. The van der Waals surface area contributed by atoms with Gasteiger partial charge in [-0.1, -0.05) is 6.07 Å². The van der Waals surface area contributed by atoms with E-state index in [0.29, 0.717) is 26.1 Å². The second kappa shape index (κ2) is 5.59. The largest absolute Gasteiger partial charge is 0.487 e. The fourth-order valence-electron chi connectivity index (χ4n) is 3.26. The van der Waals surface area contributed by atoms with Crippen LogP contribution < -0.4 is 4.74 Å². The molecule has 1 aromatic carbocycles. The van der Waals surface area contributed by atoms with Crippen molar-refractivity contribution < 1.29 is 19.3 Å². The second-order valence-corrected chi connectivity index (χ2v) is 6.28. The van der Waals surface area contributed by atoms with Crippen LogP contribution in [-0.4, -0.2) is 36.3 Å². The van der Waals surface area contributed by atoms with Crippen molar-refractivity contribution in [3.8, 4) is 5.75 Å². The summed E-state index contributed by atoms with van der Waals surface area (Å²) in [6.07, 6.45) is 1.22. The molecule has 2 unspecified atom stereocenters. The molecule has 3 rings (SSSR count). The van der Waals surface area contributed by atoms with Crippen LogP contribution in [0.4, 0.5) is 0 Å². The Kier molecular flexibility index (Phi) is 3.95. The van der Waals surface area contributed by atoms with E-state index in [9.17, 15) is 5.11 Å². The Balaban J connectivity index is 1.79.